The molecular weight excluding hydrogens is 515 g/mol. The Kier molecular flexibility index (Phi) is 7.80. The van der Waals surface area contributed by atoms with Crippen molar-refractivity contribution in [3.8, 4) is 0 Å². The van der Waals surface area contributed by atoms with Gasteiger partial charge in [-0.3, -0.25) is 0 Å². The number of alkyl halides is 6. The number of halogens is 8. The zero-order valence-electron chi connectivity index (χ0n) is 16.4. The third-order valence-electron chi connectivity index (χ3n) is 4.23. The highest BCUT2D eigenvalue weighted by molar-refractivity contribution is 7.15. The molecule has 0 fully saturated rings. The maximum atomic E-state index is 13.1. The van der Waals surface area contributed by atoms with Crippen LogP contribution in [0, 0.1) is 0 Å². The molecule has 0 unspecified atom stereocenters. The number of hydrogen-bond donors (Lipinski definition) is 3. The minimum absolute atomic E-state index is 0.0549. The van der Waals surface area contributed by atoms with Gasteiger partial charge in [0.05, 0.1) is 34.1 Å². The quantitative estimate of drug-likeness (QED) is 0.216. The van der Waals surface area contributed by atoms with E-state index in [0.717, 1.165) is 23.1 Å². The normalized spacial score (nSPS) is 12.0. The Morgan fingerprint density at radius 2 is 1.48 bits per heavy atom. The summed E-state index contributed by atoms with van der Waals surface area (Å²) < 4.78 is 77.8. The topological polar surface area (TPSA) is 61.9 Å². The summed E-state index contributed by atoms with van der Waals surface area (Å²) >= 11 is 12.8. The maximum Gasteiger partial charge on any atom is 0.417 e. The van der Waals surface area contributed by atoms with Gasteiger partial charge in [-0.15, -0.1) is 11.3 Å². The van der Waals surface area contributed by atoms with Crippen LogP contribution < -0.4 is 16.0 Å². The van der Waals surface area contributed by atoms with Crippen molar-refractivity contribution in [2.75, 3.05) is 29.0 Å². The number of rotatable bonds is 8. The number of benzene rings is 1. The van der Waals surface area contributed by atoms with Gasteiger partial charge >= 0.3 is 12.4 Å². The summed E-state index contributed by atoms with van der Waals surface area (Å²) in [6.07, 6.45) is -6.90. The van der Waals surface area contributed by atoms with Crippen molar-refractivity contribution in [1.29, 1.82) is 0 Å². The number of nitrogens with zero attached hydrogens (tertiary/aromatic N) is 2. The molecule has 0 atom stereocenters. The van der Waals surface area contributed by atoms with E-state index in [1.165, 1.54) is 23.6 Å². The second kappa shape index (κ2) is 10.2. The molecule has 1 aromatic carbocycles. The predicted octanol–water partition coefficient (Wildman–Crippen LogP) is 7.02. The third kappa shape index (κ3) is 7.02. The Morgan fingerprint density at radius 3 is 2.09 bits per heavy atom. The minimum Gasteiger partial charge on any atom is -0.382 e. The van der Waals surface area contributed by atoms with Gasteiger partial charge in [0.15, 0.2) is 4.47 Å². The molecule has 3 rings (SSSR count). The second-order valence-corrected chi connectivity index (χ2v) is 8.70. The fourth-order valence-electron chi connectivity index (χ4n) is 2.67. The van der Waals surface area contributed by atoms with Crippen molar-refractivity contribution in [3.05, 3.63) is 62.2 Å². The van der Waals surface area contributed by atoms with Gasteiger partial charge in [0, 0.05) is 30.4 Å². The Morgan fingerprint density at radius 1 is 0.788 bits per heavy atom. The fraction of sp³-hybridized carbons (Fsp3) is 0.263. The van der Waals surface area contributed by atoms with E-state index < -0.39 is 23.5 Å². The summed E-state index contributed by atoms with van der Waals surface area (Å²) in [5.74, 6) is 0.0549. The van der Waals surface area contributed by atoms with Gasteiger partial charge in [-0.1, -0.05) is 23.2 Å². The summed E-state index contributed by atoms with van der Waals surface area (Å²) in [5, 5.41) is 8.49. The molecule has 3 N–H and O–H groups in total. The molecule has 2 aromatic heterocycles. The SMILES string of the molecule is FC(F)(F)c1cnc(NCCNc2ccc(C(F)(F)F)cc2NCc2cnc(Cl)s2)c(Cl)c1. The lowest BCUT2D eigenvalue weighted by atomic mass is 10.1. The van der Waals surface area contributed by atoms with Crippen molar-refractivity contribution >= 4 is 51.7 Å². The molecule has 0 bridgehead atoms. The predicted molar refractivity (Wildman–Crippen MR) is 117 cm³/mol. The standard InChI is InChI=1S/C19H15Cl2F6N5S/c20-13-5-11(19(25,26)27)7-31-16(13)29-4-3-28-14-2-1-10(18(22,23)24)6-15(14)30-8-12-9-32-17(21)33-12/h1-2,5-7,9,28,30H,3-4,8H2,(H,29,31). The van der Waals surface area contributed by atoms with Crippen LogP contribution in [-0.4, -0.2) is 23.1 Å². The first-order valence-electron chi connectivity index (χ1n) is 9.19. The van der Waals surface area contributed by atoms with Crippen molar-refractivity contribution in [2.45, 2.75) is 18.9 Å². The molecule has 0 saturated heterocycles. The average molecular weight is 530 g/mol. The van der Waals surface area contributed by atoms with E-state index in [0.29, 0.717) is 16.4 Å². The van der Waals surface area contributed by atoms with E-state index in [9.17, 15) is 26.3 Å². The van der Waals surface area contributed by atoms with Crippen LogP contribution in [0.1, 0.15) is 16.0 Å². The fourth-order valence-corrected chi connectivity index (χ4v) is 3.82. The zero-order valence-corrected chi connectivity index (χ0v) is 18.7. The van der Waals surface area contributed by atoms with Crippen molar-refractivity contribution in [3.63, 3.8) is 0 Å². The average Bonchev–Trinajstić information content (AvgIpc) is 3.14. The van der Waals surface area contributed by atoms with Gasteiger partial charge in [-0.25, -0.2) is 9.97 Å². The summed E-state index contributed by atoms with van der Waals surface area (Å²) in [5.41, 5.74) is -1.19. The van der Waals surface area contributed by atoms with Crippen LogP contribution in [0.2, 0.25) is 9.49 Å². The van der Waals surface area contributed by atoms with Gasteiger partial charge in [0.2, 0.25) is 0 Å². The van der Waals surface area contributed by atoms with E-state index in [-0.39, 0.29) is 36.2 Å². The second-order valence-electron chi connectivity index (χ2n) is 6.60. The van der Waals surface area contributed by atoms with E-state index in [1.54, 1.807) is 0 Å². The van der Waals surface area contributed by atoms with Gasteiger partial charge in [0.1, 0.15) is 5.82 Å². The van der Waals surface area contributed by atoms with Gasteiger partial charge in [-0.2, -0.15) is 26.3 Å². The Labute approximate surface area is 198 Å². The van der Waals surface area contributed by atoms with Crippen molar-refractivity contribution < 1.29 is 26.3 Å². The molecule has 2 heterocycles. The number of pyridine rings is 1. The molecular formula is C19H15Cl2F6N5S. The van der Waals surface area contributed by atoms with Crippen molar-refractivity contribution in [2.24, 2.45) is 0 Å². The summed E-state index contributed by atoms with van der Waals surface area (Å²) in [4.78, 5) is 8.28. The summed E-state index contributed by atoms with van der Waals surface area (Å²) in [7, 11) is 0. The smallest absolute Gasteiger partial charge is 0.382 e. The molecule has 0 amide bonds. The highest BCUT2D eigenvalue weighted by Gasteiger charge is 2.32. The molecule has 0 saturated carbocycles. The first-order chi connectivity index (χ1) is 15.4. The maximum absolute atomic E-state index is 13.1. The van der Waals surface area contributed by atoms with Crippen LogP contribution in [0.4, 0.5) is 43.5 Å². The number of nitrogens with one attached hydrogen (secondary N) is 3. The molecule has 0 spiro atoms. The Hall–Kier alpha value is -2.44. The molecule has 14 heteroatoms. The molecule has 0 radical (unpaired) electrons. The minimum atomic E-state index is -4.56. The monoisotopic (exact) mass is 529 g/mol. The van der Waals surface area contributed by atoms with Crippen molar-refractivity contribution in [1.82, 2.24) is 9.97 Å². The number of aromatic nitrogens is 2. The Bertz CT molecular complexity index is 1100. The van der Waals surface area contributed by atoms with Crippen LogP contribution in [0.5, 0.6) is 0 Å². The van der Waals surface area contributed by atoms with Crippen LogP contribution in [-0.2, 0) is 18.9 Å². The molecule has 0 aliphatic rings. The molecule has 0 aliphatic heterocycles. The highest BCUT2D eigenvalue weighted by Crippen LogP contribution is 2.35. The van der Waals surface area contributed by atoms with E-state index in [2.05, 4.69) is 25.9 Å². The van der Waals surface area contributed by atoms with Gasteiger partial charge in [-0.05, 0) is 24.3 Å². The molecule has 5 nitrogen and oxygen atoms in total. The summed E-state index contributed by atoms with van der Waals surface area (Å²) in [6.45, 7) is 0.609. The first-order valence-corrected chi connectivity index (χ1v) is 10.8. The number of hydrogen-bond acceptors (Lipinski definition) is 6. The molecule has 0 aliphatic carbocycles. The lowest BCUT2D eigenvalue weighted by Gasteiger charge is -2.17. The first kappa shape index (κ1) is 25.2. The molecule has 3 aromatic rings. The van der Waals surface area contributed by atoms with E-state index in [1.807, 2.05) is 0 Å². The molecule has 33 heavy (non-hydrogen) atoms. The zero-order chi connectivity index (χ0) is 24.2. The third-order valence-corrected chi connectivity index (χ3v) is 5.63. The van der Waals surface area contributed by atoms with E-state index >= 15 is 0 Å². The van der Waals surface area contributed by atoms with Crippen LogP contribution >= 0.6 is 34.5 Å². The molecule has 178 valence electrons. The Balaban J connectivity index is 1.64. The van der Waals surface area contributed by atoms with Gasteiger partial charge < -0.3 is 16.0 Å². The van der Waals surface area contributed by atoms with E-state index in [4.69, 9.17) is 23.2 Å². The summed E-state index contributed by atoms with van der Waals surface area (Å²) in [6, 6.07) is 3.97. The van der Waals surface area contributed by atoms with Crippen LogP contribution in [0.15, 0.2) is 36.7 Å². The lowest BCUT2D eigenvalue weighted by Crippen LogP contribution is -2.16. The lowest BCUT2D eigenvalue weighted by molar-refractivity contribution is -0.138. The highest BCUT2D eigenvalue weighted by atomic mass is 35.5. The van der Waals surface area contributed by atoms with Crippen LogP contribution in [0.25, 0.3) is 0 Å². The van der Waals surface area contributed by atoms with Crippen LogP contribution in [0.3, 0.4) is 0 Å². The number of thiazole rings is 1. The largest absolute Gasteiger partial charge is 0.417 e. The van der Waals surface area contributed by atoms with Gasteiger partial charge in [0.25, 0.3) is 0 Å². The number of anilines is 3.